The highest BCUT2D eigenvalue weighted by atomic mass is 16.5. The van der Waals surface area contributed by atoms with E-state index < -0.39 is 11.7 Å². The van der Waals surface area contributed by atoms with Gasteiger partial charge in [0.25, 0.3) is 5.56 Å². The predicted octanol–water partition coefficient (Wildman–Crippen LogP) is 0.202. The highest BCUT2D eigenvalue weighted by molar-refractivity contribution is 5.36. The second-order valence-corrected chi connectivity index (χ2v) is 6.31. The molecule has 7 nitrogen and oxygen atoms in total. The third-order valence-corrected chi connectivity index (χ3v) is 4.10. The number of aromatic nitrogens is 2. The van der Waals surface area contributed by atoms with Crippen LogP contribution < -0.4 is 5.56 Å². The van der Waals surface area contributed by atoms with E-state index in [1.807, 2.05) is 19.9 Å². The molecular weight excluding hydrogens is 296 g/mol. The van der Waals surface area contributed by atoms with E-state index in [-0.39, 0.29) is 24.3 Å². The summed E-state index contributed by atoms with van der Waals surface area (Å²) in [6, 6.07) is 1.93. The third kappa shape index (κ3) is 4.16. The van der Waals surface area contributed by atoms with Crippen LogP contribution >= 0.6 is 0 Å². The van der Waals surface area contributed by atoms with Gasteiger partial charge in [0.1, 0.15) is 11.6 Å². The summed E-state index contributed by atoms with van der Waals surface area (Å²) in [5.74, 6) is 0. The Hall–Kier alpha value is -1.75. The van der Waals surface area contributed by atoms with Crippen molar-refractivity contribution in [1.29, 1.82) is 5.26 Å². The molecule has 0 spiro atoms. The van der Waals surface area contributed by atoms with Crippen LogP contribution in [0.15, 0.2) is 4.79 Å². The van der Waals surface area contributed by atoms with Gasteiger partial charge in [-0.1, -0.05) is 0 Å². The molecule has 2 heterocycles. The van der Waals surface area contributed by atoms with Gasteiger partial charge < -0.3 is 9.84 Å². The number of aliphatic hydroxyl groups is 1. The number of aryl methyl sites for hydroxylation is 1. The second kappa shape index (κ2) is 7.21. The third-order valence-electron chi connectivity index (χ3n) is 4.10. The summed E-state index contributed by atoms with van der Waals surface area (Å²) in [5, 5.41) is 23.6. The zero-order valence-corrected chi connectivity index (χ0v) is 14.1. The molecule has 0 bridgehead atoms. The number of ether oxygens (including phenoxy) is 1. The quantitative estimate of drug-likeness (QED) is 0.852. The molecule has 0 saturated carbocycles. The average Bonchev–Trinajstić information content (AvgIpc) is 2.44. The van der Waals surface area contributed by atoms with E-state index in [0.29, 0.717) is 17.8 Å². The Morgan fingerprint density at radius 1 is 1.35 bits per heavy atom. The average molecular weight is 320 g/mol. The lowest BCUT2D eigenvalue weighted by atomic mass is 10.1. The SMILES string of the molecule is Cc1nn(C[C@H](O)CN2C[C@@H](C)O[C@@H](C)C2)c(=O)c(C#N)c1C. The van der Waals surface area contributed by atoms with E-state index in [1.165, 1.54) is 4.68 Å². The second-order valence-electron chi connectivity index (χ2n) is 6.31. The smallest absolute Gasteiger partial charge is 0.285 e. The fourth-order valence-electron chi connectivity index (χ4n) is 3.02. The molecule has 3 atom stereocenters. The minimum atomic E-state index is -0.730. The molecule has 0 aliphatic carbocycles. The molecule has 126 valence electrons. The monoisotopic (exact) mass is 320 g/mol. The van der Waals surface area contributed by atoms with Crippen molar-refractivity contribution in [1.82, 2.24) is 14.7 Å². The van der Waals surface area contributed by atoms with Gasteiger partial charge in [-0.15, -0.1) is 0 Å². The van der Waals surface area contributed by atoms with E-state index in [9.17, 15) is 9.90 Å². The van der Waals surface area contributed by atoms with Gasteiger partial charge in [-0.05, 0) is 33.3 Å². The number of hydrogen-bond acceptors (Lipinski definition) is 6. The van der Waals surface area contributed by atoms with Gasteiger partial charge in [0.05, 0.1) is 30.6 Å². The van der Waals surface area contributed by atoms with Crippen LogP contribution in [0.1, 0.15) is 30.7 Å². The number of β-amino-alcohol motifs (C(OH)–C–C–N with tert-alkyl or cyclic N) is 1. The molecule has 7 heteroatoms. The highest BCUT2D eigenvalue weighted by Gasteiger charge is 2.24. The summed E-state index contributed by atoms with van der Waals surface area (Å²) >= 11 is 0. The Kier molecular flexibility index (Phi) is 5.52. The number of morpholine rings is 1. The van der Waals surface area contributed by atoms with Crippen molar-refractivity contribution in [3.05, 3.63) is 27.2 Å². The fourth-order valence-corrected chi connectivity index (χ4v) is 3.02. The van der Waals surface area contributed by atoms with Crippen molar-refractivity contribution in [2.45, 2.75) is 52.6 Å². The van der Waals surface area contributed by atoms with Gasteiger partial charge in [0.15, 0.2) is 0 Å². The molecule has 2 rings (SSSR count). The van der Waals surface area contributed by atoms with Crippen molar-refractivity contribution < 1.29 is 9.84 Å². The van der Waals surface area contributed by atoms with E-state index in [4.69, 9.17) is 10.00 Å². The van der Waals surface area contributed by atoms with Crippen molar-refractivity contribution in [3.8, 4) is 6.07 Å². The summed E-state index contributed by atoms with van der Waals surface area (Å²) in [7, 11) is 0. The van der Waals surface area contributed by atoms with Crippen LogP contribution in [0, 0.1) is 25.2 Å². The fraction of sp³-hybridized carbons (Fsp3) is 0.688. The number of nitrogens with zero attached hydrogens (tertiary/aromatic N) is 4. The number of hydrogen-bond donors (Lipinski definition) is 1. The molecular formula is C16H24N4O3. The Morgan fingerprint density at radius 3 is 2.52 bits per heavy atom. The molecule has 1 N–H and O–H groups in total. The lowest BCUT2D eigenvalue weighted by Gasteiger charge is -2.36. The Labute approximate surface area is 136 Å². The number of nitriles is 1. The molecule has 1 aliphatic rings. The molecule has 1 aromatic rings. The van der Waals surface area contributed by atoms with E-state index in [2.05, 4.69) is 10.00 Å². The van der Waals surface area contributed by atoms with Crippen molar-refractivity contribution in [3.63, 3.8) is 0 Å². The first-order chi connectivity index (χ1) is 10.8. The van der Waals surface area contributed by atoms with Crippen LogP contribution in [0.2, 0.25) is 0 Å². The minimum Gasteiger partial charge on any atom is -0.390 e. The van der Waals surface area contributed by atoms with Crippen molar-refractivity contribution in [2.24, 2.45) is 0 Å². The molecule has 1 aromatic heterocycles. The Balaban J connectivity index is 2.09. The Morgan fingerprint density at radius 2 is 1.96 bits per heavy atom. The molecule has 1 aliphatic heterocycles. The maximum absolute atomic E-state index is 12.2. The number of rotatable bonds is 4. The lowest BCUT2D eigenvalue weighted by Crippen LogP contribution is -2.49. The van der Waals surface area contributed by atoms with E-state index in [1.54, 1.807) is 13.8 Å². The van der Waals surface area contributed by atoms with Gasteiger partial charge in [0, 0.05) is 19.6 Å². The summed E-state index contributed by atoms with van der Waals surface area (Å²) in [4.78, 5) is 14.4. The zero-order valence-electron chi connectivity index (χ0n) is 14.1. The van der Waals surface area contributed by atoms with Crippen LogP contribution in [0.5, 0.6) is 0 Å². The number of aliphatic hydroxyl groups excluding tert-OH is 1. The Bertz CT molecular complexity index is 655. The van der Waals surface area contributed by atoms with Crippen LogP contribution in [0.3, 0.4) is 0 Å². The maximum atomic E-state index is 12.2. The zero-order chi connectivity index (χ0) is 17.1. The van der Waals surface area contributed by atoms with Gasteiger partial charge in [-0.3, -0.25) is 9.69 Å². The lowest BCUT2D eigenvalue weighted by molar-refractivity contribution is -0.0775. The summed E-state index contributed by atoms with van der Waals surface area (Å²) in [5.41, 5.74) is 0.873. The molecule has 0 aromatic carbocycles. The predicted molar refractivity (Wildman–Crippen MR) is 85.1 cm³/mol. The first-order valence-electron chi connectivity index (χ1n) is 7.86. The van der Waals surface area contributed by atoms with Gasteiger partial charge in [-0.25, -0.2) is 4.68 Å². The summed E-state index contributed by atoms with van der Waals surface area (Å²) < 4.78 is 6.86. The standard InChI is InChI=1S/C16H24N4O3/c1-10-6-19(7-11(2)23-10)8-14(21)9-20-16(22)15(5-17)12(3)13(4)18-20/h10-11,14,21H,6-9H2,1-4H3/t10-,11+,14-/m1/s1. The van der Waals surface area contributed by atoms with Crippen LogP contribution in [-0.2, 0) is 11.3 Å². The molecule has 1 fully saturated rings. The van der Waals surface area contributed by atoms with Crippen LogP contribution in [-0.4, -0.2) is 57.7 Å². The molecule has 0 radical (unpaired) electrons. The minimum absolute atomic E-state index is 0.0781. The first kappa shape index (κ1) is 17.6. The van der Waals surface area contributed by atoms with Gasteiger partial charge in [-0.2, -0.15) is 10.4 Å². The van der Waals surface area contributed by atoms with Crippen molar-refractivity contribution in [2.75, 3.05) is 19.6 Å². The van der Waals surface area contributed by atoms with Crippen LogP contribution in [0.25, 0.3) is 0 Å². The van der Waals surface area contributed by atoms with Crippen LogP contribution in [0.4, 0.5) is 0 Å². The molecule has 23 heavy (non-hydrogen) atoms. The normalized spacial score (nSPS) is 23.5. The topological polar surface area (TPSA) is 91.4 Å². The summed E-state index contributed by atoms with van der Waals surface area (Å²) in [6.45, 7) is 9.49. The van der Waals surface area contributed by atoms with Crippen molar-refractivity contribution >= 4 is 0 Å². The van der Waals surface area contributed by atoms with E-state index in [0.717, 1.165) is 13.1 Å². The molecule has 0 unspecified atom stereocenters. The molecule has 1 saturated heterocycles. The van der Waals surface area contributed by atoms with Gasteiger partial charge >= 0.3 is 0 Å². The largest absolute Gasteiger partial charge is 0.390 e. The van der Waals surface area contributed by atoms with E-state index >= 15 is 0 Å². The first-order valence-corrected chi connectivity index (χ1v) is 7.86. The maximum Gasteiger partial charge on any atom is 0.285 e. The molecule has 0 amide bonds. The summed E-state index contributed by atoms with van der Waals surface area (Å²) in [6.07, 6.45) is -0.483. The highest BCUT2D eigenvalue weighted by Crippen LogP contribution is 2.11. The van der Waals surface area contributed by atoms with Gasteiger partial charge in [0.2, 0.25) is 0 Å².